The van der Waals surface area contributed by atoms with Crippen molar-refractivity contribution in [2.24, 2.45) is 0 Å². The summed E-state index contributed by atoms with van der Waals surface area (Å²) in [7, 11) is 0. The van der Waals surface area contributed by atoms with Crippen LogP contribution in [0.5, 0.6) is 0 Å². The molecular weight excluding hydrogens is 392 g/mol. The molecule has 138 valence electrons. The van der Waals surface area contributed by atoms with Gasteiger partial charge >= 0.3 is 0 Å². The third-order valence-corrected chi connectivity index (χ3v) is 5.36. The fraction of sp³-hybridized carbons (Fsp3) is 0.0476. The van der Waals surface area contributed by atoms with Gasteiger partial charge in [-0.15, -0.1) is 10.2 Å². The van der Waals surface area contributed by atoms with Crippen molar-refractivity contribution in [2.45, 2.75) is 5.03 Å². The molecule has 28 heavy (non-hydrogen) atoms. The molecule has 0 atom stereocenters. The third kappa shape index (κ3) is 3.98. The fourth-order valence-electron chi connectivity index (χ4n) is 2.79. The van der Waals surface area contributed by atoms with Crippen LogP contribution in [0.4, 0.5) is 5.69 Å². The van der Waals surface area contributed by atoms with E-state index in [9.17, 15) is 4.79 Å². The van der Waals surface area contributed by atoms with Crippen LogP contribution in [0.25, 0.3) is 22.0 Å². The number of thioether (sulfide) groups is 1. The molecule has 2 aromatic heterocycles. The lowest BCUT2D eigenvalue weighted by Gasteiger charge is -2.09. The maximum absolute atomic E-state index is 12.3. The standard InChI is InChI=1S/C21H15ClN4OS/c22-20-17(11-6-12-23-20)24-18(27)13-28-21-16-10-5-4-9-15(16)19(25-26-21)14-7-2-1-3-8-14/h1-12H,13H2,(H,24,27). The minimum absolute atomic E-state index is 0.182. The zero-order chi connectivity index (χ0) is 19.3. The van der Waals surface area contributed by atoms with Crippen LogP contribution in [0.3, 0.4) is 0 Å². The monoisotopic (exact) mass is 406 g/mol. The maximum atomic E-state index is 12.3. The largest absolute Gasteiger partial charge is 0.323 e. The summed E-state index contributed by atoms with van der Waals surface area (Å²) < 4.78 is 0. The Morgan fingerprint density at radius 3 is 2.46 bits per heavy atom. The van der Waals surface area contributed by atoms with Crippen molar-refractivity contribution in [1.29, 1.82) is 0 Å². The minimum Gasteiger partial charge on any atom is -0.323 e. The summed E-state index contributed by atoms with van der Waals surface area (Å²) in [5.41, 5.74) is 2.32. The molecule has 4 rings (SSSR count). The molecule has 0 aliphatic carbocycles. The van der Waals surface area contributed by atoms with Gasteiger partial charge in [0.25, 0.3) is 0 Å². The highest BCUT2D eigenvalue weighted by Gasteiger charge is 2.13. The van der Waals surface area contributed by atoms with Gasteiger partial charge in [0, 0.05) is 22.5 Å². The number of hydrogen-bond donors (Lipinski definition) is 1. The number of aromatic nitrogens is 3. The van der Waals surface area contributed by atoms with E-state index in [1.807, 2.05) is 54.6 Å². The second kappa shape index (κ2) is 8.37. The molecule has 1 N–H and O–H groups in total. The molecule has 2 heterocycles. The van der Waals surface area contributed by atoms with Crippen LogP contribution in [0, 0.1) is 0 Å². The lowest BCUT2D eigenvalue weighted by molar-refractivity contribution is -0.113. The van der Waals surface area contributed by atoms with E-state index in [0.29, 0.717) is 10.7 Å². The van der Waals surface area contributed by atoms with E-state index >= 15 is 0 Å². The Balaban J connectivity index is 1.57. The van der Waals surface area contributed by atoms with Gasteiger partial charge in [-0.1, -0.05) is 78.0 Å². The highest BCUT2D eigenvalue weighted by molar-refractivity contribution is 8.00. The first-order valence-corrected chi connectivity index (χ1v) is 9.93. The summed E-state index contributed by atoms with van der Waals surface area (Å²) in [6.07, 6.45) is 1.57. The van der Waals surface area contributed by atoms with Crippen molar-refractivity contribution in [3.8, 4) is 11.3 Å². The van der Waals surface area contributed by atoms with Gasteiger partial charge in [-0.05, 0) is 12.1 Å². The molecule has 4 aromatic rings. The molecule has 1 amide bonds. The number of amides is 1. The molecule has 7 heteroatoms. The molecular formula is C21H15ClN4OS. The van der Waals surface area contributed by atoms with Gasteiger partial charge in [0.1, 0.15) is 10.7 Å². The molecule has 0 bridgehead atoms. The van der Waals surface area contributed by atoms with Crippen LogP contribution >= 0.6 is 23.4 Å². The first-order valence-electron chi connectivity index (χ1n) is 8.56. The first kappa shape index (κ1) is 18.4. The number of hydrogen-bond acceptors (Lipinski definition) is 5. The van der Waals surface area contributed by atoms with E-state index in [0.717, 1.165) is 22.0 Å². The number of nitrogens with one attached hydrogen (secondary N) is 1. The van der Waals surface area contributed by atoms with Gasteiger partial charge in [0.05, 0.1) is 11.4 Å². The molecule has 0 saturated heterocycles. The Hall–Kier alpha value is -2.96. The lowest BCUT2D eigenvalue weighted by Crippen LogP contribution is -2.14. The fourth-order valence-corrected chi connectivity index (χ4v) is 3.73. The number of fused-ring (bicyclic) bond motifs is 1. The molecule has 0 saturated carbocycles. The summed E-state index contributed by atoms with van der Waals surface area (Å²) in [4.78, 5) is 16.2. The molecule has 2 aromatic carbocycles. The zero-order valence-corrected chi connectivity index (χ0v) is 16.2. The number of nitrogens with zero attached hydrogens (tertiary/aromatic N) is 3. The average Bonchev–Trinajstić information content (AvgIpc) is 2.74. The Morgan fingerprint density at radius 1 is 0.929 bits per heavy atom. The van der Waals surface area contributed by atoms with E-state index in [4.69, 9.17) is 11.6 Å². The van der Waals surface area contributed by atoms with Crippen LogP contribution in [0.2, 0.25) is 5.15 Å². The predicted molar refractivity (Wildman–Crippen MR) is 114 cm³/mol. The van der Waals surface area contributed by atoms with E-state index in [1.54, 1.807) is 18.3 Å². The van der Waals surface area contributed by atoms with E-state index in [2.05, 4.69) is 20.5 Å². The normalized spacial score (nSPS) is 10.8. The van der Waals surface area contributed by atoms with Crippen LogP contribution in [-0.2, 0) is 4.79 Å². The number of benzene rings is 2. The Labute approximate surface area is 171 Å². The summed E-state index contributed by atoms with van der Waals surface area (Å²) >= 11 is 7.32. The van der Waals surface area contributed by atoms with Gasteiger partial charge in [-0.25, -0.2) is 4.98 Å². The third-order valence-electron chi connectivity index (χ3n) is 4.07. The van der Waals surface area contributed by atoms with E-state index in [-0.39, 0.29) is 16.8 Å². The molecule has 0 radical (unpaired) electrons. The Bertz CT molecular complexity index is 1140. The summed E-state index contributed by atoms with van der Waals surface area (Å²) in [6.45, 7) is 0. The Morgan fingerprint density at radius 2 is 1.68 bits per heavy atom. The Kier molecular flexibility index (Phi) is 5.50. The molecule has 0 aliphatic rings. The quantitative estimate of drug-likeness (QED) is 0.370. The second-order valence-corrected chi connectivity index (χ2v) is 7.27. The SMILES string of the molecule is O=C(CSc1nnc(-c2ccccc2)c2ccccc12)Nc1cccnc1Cl. The summed E-state index contributed by atoms with van der Waals surface area (Å²) in [5, 5.41) is 14.5. The highest BCUT2D eigenvalue weighted by atomic mass is 35.5. The maximum Gasteiger partial charge on any atom is 0.234 e. The van der Waals surface area contributed by atoms with E-state index in [1.165, 1.54) is 11.8 Å². The predicted octanol–water partition coefficient (Wildman–Crippen LogP) is 5.08. The van der Waals surface area contributed by atoms with Crippen LogP contribution < -0.4 is 5.32 Å². The number of anilines is 1. The smallest absolute Gasteiger partial charge is 0.234 e. The van der Waals surface area contributed by atoms with Crippen molar-refractivity contribution < 1.29 is 4.79 Å². The average molecular weight is 407 g/mol. The molecule has 0 fully saturated rings. The first-order chi connectivity index (χ1) is 13.7. The van der Waals surface area contributed by atoms with Crippen LogP contribution in [0.15, 0.2) is 78.0 Å². The number of pyridine rings is 1. The van der Waals surface area contributed by atoms with Gasteiger partial charge < -0.3 is 5.32 Å². The number of carbonyl (C=O) groups excluding carboxylic acids is 1. The highest BCUT2D eigenvalue weighted by Crippen LogP contribution is 2.31. The van der Waals surface area contributed by atoms with Crippen molar-refractivity contribution >= 4 is 45.7 Å². The number of rotatable bonds is 5. The number of halogens is 1. The van der Waals surface area contributed by atoms with Crippen molar-refractivity contribution in [3.05, 3.63) is 78.1 Å². The van der Waals surface area contributed by atoms with E-state index < -0.39 is 0 Å². The van der Waals surface area contributed by atoms with Gasteiger partial charge in [0.2, 0.25) is 5.91 Å². The van der Waals surface area contributed by atoms with Crippen LogP contribution in [-0.4, -0.2) is 26.8 Å². The molecule has 0 aliphatic heterocycles. The van der Waals surface area contributed by atoms with Crippen LogP contribution in [0.1, 0.15) is 0 Å². The van der Waals surface area contributed by atoms with Gasteiger partial charge in [0.15, 0.2) is 5.15 Å². The minimum atomic E-state index is -0.182. The molecule has 0 spiro atoms. The van der Waals surface area contributed by atoms with Gasteiger partial charge in [-0.3, -0.25) is 4.79 Å². The summed E-state index contributed by atoms with van der Waals surface area (Å²) in [6, 6.07) is 21.3. The van der Waals surface area contributed by atoms with Crippen molar-refractivity contribution in [2.75, 3.05) is 11.1 Å². The zero-order valence-electron chi connectivity index (χ0n) is 14.7. The number of carbonyl (C=O) groups is 1. The lowest BCUT2D eigenvalue weighted by atomic mass is 10.1. The topological polar surface area (TPSA) is 67.8 Å². The van der Waals surface area contributed by atoms with Crippen molar-refractivity contribution in [1.82, 2.24) is 15.2 Å². The molecule has 5 nitrogen and oxygen atoms in total. The second-order valence-electron chi connectivity index (χ2n) is 5.94. The van der Waals surface area contributed by atoms with Gasteiger partial charge in [-0.2, -0.15) is 0 Å². The molecule has 0 unspecified atom stereocenters. The summed E-state index contributed by atoms with van der Waals surface area (Å²) in [5.74, 6) is 0.00658. The van der Waals surface area contributed by atoms with Crippen molar-refractivity contribution in [3.63, 3.8) is 0 Å².